The second kappa shape index (κ2) is 9.36. The van der Waals surface area contributed by atoms with Gasteiger partial charge in [0.2, 0.25) is 0 Å². The minimum atomic E-state index is 0.365. The molecule has 3 heteroatoms. The highest BCUT2D eigenvalue weighted by molar-refractivity contribution is 7.99. The van der Waals surface area contributed by atoms with Crippen LogP contribution in [0.1, 0.15) is 26.2 Å². The highest BCUT2D eigenvalue weighted by Crippen LogP contribution is 2.06. The Morgan fingerprint density at radius 2 is 2.00 bits per heavy atom. The lowest BCUT2D eigenvalue weighted by Crippen LogP contribution is -2.14. The van der Waals surface area contributed by atoms with Crippen LogP contribution in [0.15, 0.2) is 0 Å². The lowest BCUT2D eigenvalue weighted by atomic mass is 10.2. The van der Waals surface area contributed by atoms with Gasteiger partial charge in [-0.3, -0.25) is 0 Å². The Morgan fingerprint density at radius 1 is 1.33 bits per heavy atom. The van der Waals surface area contributed by atoms with Crippen LogP contribution < -0.4 is 5.73 Å². The molecule has 0 heterocycles. The first-order valence-corrected chi connectivity index (χ1v) is 5.75. The van der Waals surface area contributed by atoms with E-state index < -0.39 is 0 Å². The van der Waals surface area contributed by atoms with Crippen LogP contribution in [0.5, 0.6) is 0 Å². The average Bonchev–Trinajstić information content (AvgIpc) is 2.02. The summed E-state index contributed by atoms with van der Waals surface area (Å²) >= 11 is 2.00. The van der Waals surface area contributed by atoms with E-state index in [9.17, 15) is 0 Å². The Balaban J connectivity index is 2.82. The van der Waals surface area contributed by atoms with Gasteiger partial charge in [0.1, 0.15) is 0 Å². The zero-order chi connectivity index (χ0) is 9.23. The van der Waals surface area contributed by atoms with E-state index in [-0.39, 0.29) is 0 Å². The monoisotopic (exact) mass is 191 g/mol. The first-order chi connectivity index (χ1) is 5.77. The van der Waals surface area contributed by atoms with Gasteiger partial charge in [-0.15, -0.1) is 0 Å². The molecular formula is C9H21NOS. The number of ether oxygens (including phenoxy) is 1. The fourth-order valence-electron chi connectivity index (χ4n) is 0.915. The van der Waals surface area contributed by atoms with Gasteiger partial charge in [-0.25, -0.2) is 0 Å². The molecule has 0 aliphatic rings. The molecule has 2 N–H and O–H groups in total. The highest BCUT2D eigenvalue weighted by Gasteiger charge is 1.94. The molecule has 1 unspecified atom stereocenters. The molecule has 74 valence electrons. The number of methoxy groups -OCH3 is 1. The lowest BCUT2D eigenvalue weighted by molar-refractivity contribution is 0.200. The standard InChI is InChI=1S/C9H21NOS/c1-9(10)5-3-7-12-8-4-6-11-2/h9H,3-8,10H2,1-2H3. The first-order valence-electron chi connectivity index (χ1n) is 4.59. The second-order valence-electron chi connectivity index (χ2n) is 3.08. The lowest BCUT2D eigenvalue weighted by Gasteiger charge is -2.04. The zero-order valence-electron chi connectivity index (χ0n) is 8.21. The van der Waals surface area contributed by atoms with E-state index in [0.29, 0.717) is 6.04 Å². The largest absolute Gasteiger partial charge is 0.385 e. The third-order valence-corrected chi connectivity index (χ3v) is 2.74. The smallest absolute Gasteiger partial charge is 0.0470 e. The average molecular weight is 191 g/mol. The molecule has 0 radical (unpaired) electrons. The van der Waals surface area contributed by atoms with Crippen LogP contribution in [0, 0.1) is 0 Å². The van der Waals surface area contributed by atoms with Crippen LogP contribution in [-0.2, 0) is 4.74 Å². The molecule has 0 fully saturated rings. The van der Waals surface area contributed by atoms with E-state index in [0.717, 1.165) is 13.0 Å². The third kappa shape index (κ3) is 10.3. The van der Waals surface area contributed by atoms with Gasteiger partial charge >= 0.3 is 0 Å². The Morgan fingerprint density at radius 3 is 2.58 bits per heavy atom. The molecule has 0 aromatic heterocycles. The van der Waals surface area contributed by atoms with E-state index in [4.69, 9.17) is 10.5 Å². The van der Waals surface area contributed by atoms with Crippen molar-refractivity contribution in [3.05, 3.63) is 0 Å². The molecule has 0 aliphatic carbocycles. The molecule has 0 aromatic rings. The van der Waals surface area contributed by atoms with E-state index in [1.165, 1.54) is 24.3 Å². The van der Waals surface area contributed by atoms with E-state index in [1.807, 2.05) is 11.8 Å². The number of thioether (sulfide) groups is 1. The summed E-state index contributed by atoms with van der Waals surface area (Å²) in [6, 6.07) is 0.365. The van der Waals surface area contributed by atoms with Crippen LogP contribution in [0.4, 0.5) is 0 Å². The van der Waals surface area contributed by atoms with E-state index in [1.54, 1.807) is 7.11 Å². The summed E-state index contributed by atoms with van der Waals surface area (Å²) in [6.45, 7) is 2.95. The fraction of sp³-hybridized carbons (Fsp3) is 1.00. The number of nitrogens with two attached hydrogens (primary N) is 1. The topological polar surface area (TPSA) is 35.2 Å². The summed E-state index contributed by atoms with van der Waals surface area (Å²) < 4.78 is 4.95. The molecular weight excluding hydrogens is 170 g/mol. The molecule has 12 heavy (non-hydrogen) atoms. The van der Waals surface area contributed by atoms with Crippen LogP contribution in [0.25, 0.3) is 0 Å². The first kappa shape index (κ1) is 12.3. The summed E-state index contributed by atoms with van der Waals surface area (Å²) in [6.07, 6.45) is 3.56. The van der Waals surface area contributed by atoms with E-state index >= 15 is 0 Å². The fourth-order valence-corrected chi connectivity index (χ4v) is 1.81. The summed E-state index contributed by atoms with van der Waals surface area (Å²) in [7, 11) is 1.75. The number of rotatable bonds is 8. The Kier molecular flexibility index (Phi) is 9.57. The summed E-state index contributed by atoms with van der Waals surface area (Å²) in [5, 5.41) is 0. The number of hydrogen-bond donors (Lipinski definition) is 1. The SMILES string of the molecule is COCCCSCCCC(C)N. The van der Waals surface area contributed by atoms with E-state index in [2.05, 4.69) is 6.92 Å². The van der Waals surface area contributed by atoms with Gasteiger partial charge in [0.05, 0.1) is 0 Å². The molecule has 0 aliphatic heterocycles. The van der Waals surface area contributed by atoms with Gasteiger partial charge in [0.15, 0.2) is 0 Å². The van der Waals surface area contributed by atoms with Crippen molar-refractivity contribution in [2.45, 2.75) is 32.2 Å². The van der Waals surface area contributed by atoms with Crippen LogP contribution in [0.3, 0.4) is 0 Å². The molecule has 0 aromatic carbocycles. The van der Waals surface area contributed by atoms with Gasteiger partial charge in [0, 0.05) is 19.8 Å². The predicted octanol–water partition coefficient (Wildman–Crippen LogP) is 1.88. The molecule has 2 nitrogen and oxygen atoms in total. The molecule has 0 saturated heterocycles. The molecule has 0 saturated carbocycles. The van der Waals surface area contributed by atoms with Crippen molar-refractivity contribution in [1.29, 1.82) is 0 Å². The number of hydrogen-bond acceptors (Lipinski definition) is 3. The van der Waals surface area contributed by atoms with Crippen LogP contribution in [-0.4, -0.2) is 31.3 Å². The van der Waals surface area contributed by atoms with Crippen molar-refractivity contribution in [3.8, 4) is 0 Å². The highest BCUT2D eigenvalue weighted by atomic mass is 32.2. The van der Waals surface area contributed by atoms with Crippen molar-refractivity contribution in [2.75, 3.05) is 25.2 Å². The van der Waals surface area contributed by atoms with Crippen molar-refractivity contribution in [2.24, 2.45) is 5.73 Å². The van der Waals surface area contributed by atoms with Gasteiger partial charge in [-0.1, -0.05) is 0 Å². The molecule has 0 spiro atoms. The quantitative estimate of drug-likeness (QED) is 0.595. The maximum Gasteiger partial charge on any atom is 0.0470 e. The van der Waals surface area contributed by atoms with Gasteiger partial charge < -0.3 is 10.5 Å². The maximum absolute atomic E-state index is 5.63. The van der Waals surface area contributed by atoms with Gasteiger partial charge in [-0.05, 0) is 37.7 Å². The summed E-state index contributed by atoms with van der Waals surface area (Å²) in [4.78, 5) is 0. The third-order valence-electron chi connectivity index (χ3n) is 1.59. The Labute approximate surface area is 80.2 Å². The summed E-state index contributed by atoms with van der Waals surface area (Å²) in [5.41, 5.74) is 5.63. The van der Waals surface area contributed by atoms with Crippen molar-refractivity contribution in [1.82, 2.24) is 0 Å². The minimum Gasteiger partial charge on any atom is -0.385 e. The normalized spacial score (nSPS) is 13.2. The Bertz CT molecular complexity index is 88.6. The van der Waals surface area contributed by atoms with Crippen molar-refractivity contribution >= 4 is 11.8 Å². The molecule has 0 bridgehead atoms. The molecule has 0 amide bonds. The predicted molar refractivity (Wildman–Crippen MR) is 56.7 cm³/mol. The Hall–Kier alpha value is 0.270. The van der Waals surface area contributed by atoms with Crippen molar-refractivity contribution < 1.29 is 4.74 Å². The maximum atomic E-state index is 5.63. The zero-order valence-corrected chi connectivity index (χ0v) is 9.03. The van der Waals surface area contributed by atoms with Crippen molar-refractivity contribution in [3.63, 3.8) is 0 Å². The second-order valence-corrected chi connectivity index (χ2v) is 4.30. The summed E-state index contributed by atoms with van der Waals surface area (Å²) in [5.74, 6) is 2.46. The van der Waals surface area contributed by atoms with Gasteiger partial charge in [0.25, 0.3) is 0 Å². The van der Waals surface area contributed by atoms with Crippen LogP contribution in [0.2, 0.25) is 0 Å². The molecule has 1 atom stereocenters. The minimum absolute atomic E-state index is 0.365. The molecule has 0 rings (SSSR count). The van der Waals surface area contributed by atoms with Crippen LogP contribution >= 0.6 is 11.8 Å². The van der Waals surface area contributed by atoms with Gasteiger partial charge in [-0.2, -0.15) is 11.8 Å².